The van der Waals surface area contributed by atoms with E-state index in [9.17, 15) is 4.79 Å². The second kappa shape index (κ2) is 8.63. The lowest BCUT2D eigenvalue weighted by Gasteiger charge is -2.12. The zero-order chi connectivity index (χ0) is 21.1. The first-order valence-corrected chi connectivity index (χ1v) is 10.3. The molecule has 0 atom stereocenters. The van der Waals surface area contributed by atoms with Crippen LogP contribution >= 0.6 is 11.8 Å². The van der Waals surface area contributed by atoms with Crippen LogP contribution in [0.25, 0.3) is 16.8 Å². The molecule has 1 aliphatic heterocycles. The first kappa shape index (κ1) is 20.0. The van der Waals surface area contributed by atoms with E-state index in [4.69, 9.17) is 9.47 Å². The number of rotatable bonds is 5. The Labute approximate surface area is 180 Å². The van der Waals surface area contributed by atoms with Gasteiger partial charge >= 0.3 is 0 Å². The molecule has 1 saturated heterocycles. The summed E-state index contributed by atoms with van der Waals surface area (Å²) in [5.41, 5.74) is 1.95. The van der Waals surface area contributed by atoms with Gasteiger partial charge in [0.15, 0.2) is 16.7 Å². The van der Waals surface area contributed by atoms with Crippen molar-refractivity contribution in [3.8, 4) is 11.5 Å². The summed E-state index contributed by atoms with van der Waals surface area (Å²) in [5, 5.41) is 3.08. The van der Waals surface area contributed by atoms with Crippen LogP contribution in [0.2, 0.25) is 0 Å². The number of hydrogen-bond acceptors (Lipinski definition) is 5. The van der Waals surface area contributed by atoms with E-state index in [1.165, 1.54) is 22.5 Å². The van der Waals surface area contributed by atoms with E-state index in [-0.39, 0.29) is 5.91 Å². The number of ether oxygens (including phenoxy) is 2. The molecule has 5 nitrogen and oxygen atoms in total. The first-order valence-electron chi connectivity index (χ1n) is 9.52. The quantitative estimate of drug-likeness (QED) is 0.550. The van der Waals surface area contributed by atoms with Crippen molar-refractivity contribution in [2.24, 2.45) is 4.99 Å². The second-order valence-corrected chi connectivity index (χ2v) is 7.87. The summed E-state index contributed by atoms with van der Waals surface area (Å²) < 4.78 is 11.5. The van der Waals surface area contributed by atoms with Crippen LogP contribution in [0.4, 0.5) is 0 Å². The largest absolute Gasteiger partial charge is 0.493 e. The minimum Gasteiger partial charge on any atom is -0.493 e. The number of carbonyl (C=O) groups is 1. The molecule has 152 valence electrons. The molecule has 30 heavy (non-hydrogen) atoms. The fourth-order valence-corrected chi connectivity index (χ4v) is 4.21. The second-order valence-electron chi connectivity index (χ2n) is 6.86. The molecule has 3 aromatic carbocycles. The molecule has 1 heterocycles. The Balaban J connectivity index is 1.52. The highest BCUT2D eigenvalue weighted by Gasteiger charge is 2.29. The average molecular weight is 419 g/mol. The first-order chi connectivity index (χ1) is 14.6. The van der Waals surface area contributed by atoms with Gasteiger partial charge in [-0.1, -0.05) is 42.5 Å². The van der Waals surface area contributed by atoms with E-state index in [1.807, 2.05) is 36.4 Å². The maximum atomic E-state index is 12.4. The SMILES string of the molecule is CN=C1S/C(=C\c2ccc(OCc3ccc4ccccc4c3)c(OC)c2)C(=O)N1C. The Kier molecular flexibility index (Phi) is 5.77. The Bertz CT molecular complexity index is 1170. The molecule has 0 unspecified atom stereocenters. The molecule has 1 fully saturated rings. The number of amides is 1. The summed E-state index contributed by atoms with van der Waals surface area (Å²) in [7, 11) is 5.02. The number of benzene rings is 3. The molecule has 1 amide bonds. The zero-order valence-corrected chi connectivity index (χ0v) is 17.9. The smallest absolute Gasteiger partial charge is 0.266 e. The van der Waals surface area contributed by atoms with Gasteiger partial charge in [0.05, 0.1) is 12.0 Å². The van der Waals surface area contributed by atoms with Gasteiger partial charge in [-0.05, 0) is 57.9 Å². The number of thioether (sulfide) groups is 1. The molecule has 0 saturated carbocycles. The Morgan fingerprint density at radius 3 is 2.57 bits per heavy atom. The fourth-order valence-electron chi connectivity index (χ4n) is 3.28. The number of hydrogen-bond donors (Lipinski definition) is 0. The van der Waals surface area contributed by atoms with E-state index in [1.54, 1.807) is 26.1 Å². The number of carbonyl (C=O) groups excluding carboxylic acids is 1. The van der Waals surface area contributed by atoms with Gasteiger partial charge < -0.3 is 9.47 Å². The van der Waals surface area contributed by atoms with Crippen molar-refractivity contribution in [1.29, 1.82) is 0 Å². The van der Waals surface area contributed by atoms with E-state index in [0.29, 0.717) is 28.2 Å². The van der Waals surface area contributed by atoms with E-state index in [2.05, 4.69) is 35.3 Å². The molecule has 4 rings (SSSR count). The number of amidine groups is 1. The summed E-state index contributed by atoms with van der Waals surface area (Å²) in [6, 6.07) is 20.2. The third-order valence-corrected chi connectivity index (χ3v) is 6.04. The molecular weight excluding hydrogens is 396 g/mol. The van der Waals surface area contributed by atoms with Gasteiger partial charge in [0.1, 0.15) is 6.61 Å². The van der Waals surface area contributed by atoms with Gasteiger partial charge in [-0.3, -0.25) is 14.7 Å². The van der Waals surface area contributed by atoms with Gasteiger partial charge in [-0.15, -0.1) is 0 Å². The Hall–Kier alpha value is -3.25. The van der Waals surface area contributed by atoms with Crippen molar-refractivity contribution < 1.29 is 14.3 Å². The van der Waals surface area contributed by atoms with Gasteiger partial charge in [-0.25, -0.2) is 0 Å². The van der Waals surface area contributed by atoms with Crippen LogP contribution < -0.4 is 9.47 Å². The number of nitrogens with zero attached hydrogens (tertiary/aromatic N) is 2. The van der Waals surface area contributed by atoms with Crippen LogP contribution in [0, 0.1) is 0 Å². The predicted molar refractivity (Wildman–Crippen MR) is 123 cm³/mol. The minimum absolute atomic E-state index is 0.0591. The van der Waals surface area contributed by atoms with Gasteiger partial charge in [-0.2, -0.15) is 0 Å². The van der Waals surface area contributed by atoms with Crippen molar-refractivity contribution >= 4 is 39.7 Å². The summed E-state index contributed by atoms with van der Waals surface area (Å²) >= 11 is 1.36. The third kappa shape index (κ3) is 4.04. The average Bonchev–Trinajstić information content (AvgIpc) is 3.05. The highest BCUT2D eigenvalue weighted by molar-refractivity contribution is 8.18. The predicted octanol–water partition coefficient (Wildman–Crippen LogP) is 4.96. The number of methoxy groups -OCH3 is 1. The van der Waals surface area contributed by atoms with Crippen LogP contribution in [0.3, 0.4) is 0 Å². The molecule has 6 heteroatoms. The molecule has 0 bridgehead atoms. The minimum atomic E-state index is -0.0591. The third-order valence-electron chi connectivity index (χ3n) is 4.89. The van der Waals surface area contributed by atoms with Crippen molar-refractivity contribution in [2.45, 2.75) is 6.61 Å². The summed E-state index contributed by atoms with van der Waals surface area (Å²) in [4.78, 5) is 18.7. The van der Waals surface area contributed by atoms with Crippen molar-refractivity contribution in [1.82, 2.24) is 4.90 Å². The van der Waals surface area contributed by atoms with Crippen molar-refractivity contribution in [3.63, 3.8) is 0 Å². The summed E-state index contributed by atoms with van der Waals surface area (Å²) in [5.74, 6) is 1.22. The molecule has 3 aromatic rings. The van der Waals surface area contributed by atoms with Gasteiger partial charge in [0.25, 0.3) is 5.91 Å². The van der Waals surface area contributed by atoms with E-state index >= 15 is 0 Å². The van der Waals surface area contributed by atoms with Gasteiger partial charge in [0.2, 0.25) is 0 Å². The lowest BCUT2D eigenvalue weighted by Crippen LogP contribution is -2.23. The molecule has 0 radical (unpaired) electrons. The maximum absolute atomic E-state index is 12.4. The van der Waals surface area contributed by atoms with E-state index in [0.717, 1.165) is 11.1 Å². The molecule has 0 aliphatic carbocycles. The van der Waals surface area contributed by atoms with Gasteiger partial charge in [0, 0.05) is 14.1 Å². The van der Waals surface area contributed by atoms with Crippen LogP contribution in [0.1, 0.15) is 11.1 Å². The normalized spacial score (nSPS) is 16.6. The fraction of sp³-hybridized carbons (Fsp3) is 0.167. The molecule has 0 aromatic heterocycles. The van der Waals surface area contributed by atoms with Crippen LogP contribution in [-0.4, -0.2) is 37.2 Å². The monoisotopic (exact) mass is 418 g/mol. The maximum Gasteiger partial charge on any atom is 0.266 e. The van der Waals surface area contributed by atoms with Crippen LogP contribution in [0.5, 0.6) is 11.5 Å². The number of aliphatic imine (C=N–C) groups is 1. The van der Waals surface area contributed by atoms with Crippen LogP contribution in [0.15, 0.2) is 70.6 Å². The lowest BCUT2D eigenvalue weighted by atomic mass is 10.1. The standard InChI is InChI=1S/C24H22N2O3S/c1-25-24-26(2)23(27)22(30-24)14-16-9-11-20(21(13-16)28-3)29-15-17-8-10-18-6-4-5-7-19(18)12-17/h4-14H,15H2,1-3H3/b22-14-,25-24?. The topological polar surface area (TPSA) is 51.1 Å². The zero-order valence-electron chi connectivity index (χ0n) is 17.1. The Morgan fingerprint density at radius 1 is 1.03 bits per heavy atom. The lowest BCUT2D eigenvalue weighted by molar-refractivity contribution is -0.121. The highest BCUT2D eigenvalue weighted by Crippen LogP contribution is 2.34. The van der Waals surface area contributed by atoms with Crippen molar-refractivity contribution in [3.05, 3.63) is 76.7 Å². The van der Waals surface area contributed by atoms with Crippen molar-refractivity contribution in [2.75, 3.05) is 21.2 Å². The highest BCUT2D eigenvalue weighted by atomic mass is 32.2. The Morgan fingerprint density at radius 2 is 1.83 bits per heavy atom. The molecule has 1 aliphatic rings. The molecule has 0 spiro atoms. The summed E-state index contributed by atoms with van der Waals surface area (Å²) in [6.45, 7) is 0.442. The number of likely N-dealkylation sites (N-methyl/N-ethyl adjacent to an activating group) is 1. The molecule has 0 N–H and O–H groups in total. The molecular formula is C24H22N2O3S. The van der Waals surface area contributed by atoms with E-state index < -0.39 is 0 Å². The number of fused-ring (bicyclic) bond motifs is 1. The van der Waals surface area contributed by atoms with Crippen LogP contribution in [-0.2, 0) is 11.4 Å². The summed E-state index contributed by atoms with van der Waals surface area (Å²) in [6.07, 6.45) is 1.84.